The molecule has 1 aromatic heterocycles. The molecule has 0 spiro atoms. The van der Waals surface area contributed by atoms with Crippen molar-refractivity contribution in [2.24, 2.45) is 11.3 Å². The monoisotopic (exact) mass is 392 g/mol. The summed E-state index contributed by atoms with van der Waals surface area (Å²) in [6, 6.07) is 3.79. The van der Waals surface area contributed by atoms with Gasteiger partial charge in [-0.3, -0.25) is 5.10 Å². The molecule has 1 aromatic carbocycles. The number of halogens is 1. The number of carbonyl (C=O) groups excluding carboxylic acids is 1. The Morgan fingerprint density at radius 3 is 2.67 bits per heavy atom. The molecule has 2 aromatic rings. The highest BCUT2D eigenvalue weighted by Crippen LogP contribution is 2.46. The molecular formula is C20H29ClN4O2. The van der Waals surface area contributed by atoms with E-state index in [0.29, 0.717) is 24.0 Å². The topological polar surface area (TPSA) is 81.2 Å². The molecule has 1 aliphatic rings. The lowest BCUT2D eigenvalue weighted by Crippen LogP contribution is -2.48. The van der Waals surface area contributed by atoms with Gasteiger partial charge in [-0.25, -0.2) is 4.79 Å². The van der Waals surface area contributed by atoms with Crippen LogP contribution in [0.25, 0.3) is 10.9 Å². The number of aliphatic hydroxyl groups is 1. The summed E-state index contributed by atoms with van der Waals surface area (Å²) in [6.07, 6.45) is 2.76. The van der Waals surface area contributed by atoms with E-state index in [0.717, 1.165) is 29.3 Å². The second-order valence-electron chi connectivity index (χ2n) is 8.42. The number of amides is 2. The first-order chi connectivity index (χ1) is 12.7. The maximum Gasteiger partial charge on any atom is 0.317 e. The summed E-state index contributed by atoms with van der Waals surface area (Å²) in [5.74, 6) is 0.299. The maximum atomic E-state index is 12.2. The quantitative estimate of drug-likeness (QED) is 0.732. The summed E-state index contributed by atoms with van der Waals surface area (Å²) < 4.78 is 0. The Balaban J connectivity index is 1.74. The van der Waals surface area contributed by atoms with Crippen molar-refractivity contribution in [3.63, 3.8) is 0 Å². The molecule has 148 valence electrons. The summed E-state index contributed by atoms with van der Waals surface area (Å²) in [5, 5.41) is 22.7. The highest BCUT2D eigenvalue weighted by molar-refractivity contribution is 6.31. The molecule has 1 fully saturated rings. The standard InChI is InChI=1S/C20H29ClN4O2/c1-12(2)23-19(27)25-7-5-14(6-8-25)20(3,4)18(26)16-10-15(21)9-13-11-22-24-17(13)16/h9-12,14,18,26H,5-8H2,1-4H3,(H,22,24)(H,23,27)/t18-/m1/s1. The van der Waals surface area contributed by atoms with Crippen LogP contribution in [0.5, 0.6) is 0 Å². The van der Waals surface area contributed by atoms with Gasteiger partial charge in [-0.1, -0.05) is 25.4 Å². The average molecular weight is 393 g/mol. The van der Waals surface area contributed by atoms with Crippen LogP contribution in [-0.2, 0) is 0 Å². The number of nitrogens with zero attached hydrogens (tertiary/aromatic N) is 2. The number of aromatic amines is 1. The first kappa shape index (κ1) is 20.0. The molecule has 1 saturated heterocycles. The van der Waals surface area contributed by atoms with Gasteiger partial charge >= 0.3 is 6.03 Å². The summed E-state index contributed by atoms with van der Waals surface area (Å²) in [7, 11) is 0. The summed E-state index contributed by atoms with van der Waals surface area (Å²) in [6.45, 7) is 9.52. The van der Waals surface area contributed by atoms with Gasteiger partial charge in [-0.15, -0.1) is 0 Å². The molecule has 0 saturated carbocycles. The van der Waals surface area contributed by atoms with Crippen LogP contribution >= 0.6 is 11.6 Å². The van der Waals surface area contributed by atoms with E-state index in [1.807, 2.05) is 30.9 Å². The van der Waals surface area contributed by atoms with Crippen LogP contribution in [0.3, 0.4) is 0 Å². The lowest BCUT2D eigenvalue weighted by atomic mass is 9.68. The Hall–Kier alpha value is -1.79. The minimum absolute atomic E-state index is 0.00388. The van der Waals surface area contributed by atoms with Crippen molar-refractivity contribution in [3.8, 4) is 0 Å². The first-order valence-electron chi connectivity index (χ1n) is 9.56. The van der Waals surface area contributed by atoms with Gasteiger partial charge in [-0.05, 0) is 50.2 Å². The smallest absolute Gasteiger partial charge is 0.317 e. The number of hydrogen-bond acceptors (Lipinski definition) is 3. The van der Waals surface area contributed by atoms with Crippen LogP contribution in [0.15, 0.2) is 18.3 Å². The van der Waals surface area contributed by atoms with Crippen LogP contribution in [0.1, 0.15) is 52.2 Å². The van der Waals surface area contributed by atoms with Gasteiger partial charge in [0.25, 0.3) is 0 Å². The summed E-state index contributed by atoms with van der Waals surface area (Å²) in [5.41, 5.74) is 1.25. The second-order valence-corrected chi connectivity index (χ2v) is 8.86. The highest BCUT2D eigenvalue weighted by Gasteiger charge is 2.40. The Kier molecular flexibility index (Phi) is 5.68. The number of urea groups is 1. The lowest BCUT2D eigenvalue weighted by molar-refractivity contribution is -0.0144. The van der Waals surface area contributed by atoms with Gasteiger partial charge in [0, 0.05) is 35.1 Å². The fraction of sp³-hybridized carbons (Fsp3) is 0.600. The Labute approximate surface area is 165 Å². The third-order valence-corrected chi connectivity index (χ3v) is 6.01. The molecule has 0 unspecified atom stereocenters. The zero-order valence-corrected chi connectivity index (χ0v) is 17.2. The molecule has 1 atom stereocenters. The molecule has 3 N–H and O–H groups in total. The van der Waals surface area contributed by atoms with Crippen molar-refractivity contribution < 1.29 is 9.90 Å². The SMILES string of the molecule is CC(C)NC(=O)N1CCC(C(C)(C)[C@H](O)c2cc(Cl)cc3cn[nH]c23)CC1. The normalized spacial score (nSPS) is 17.5. The van der Waals surface area contributed by atoms with Crippen molar-refractivity contribution in [2.75, 3.05) is 13.1 Å². The van der Waals surface area contributed by atoms with Crippen LogP contribution in [0.4, 0.5) is 4.79 Å². The zero-order valence-electron chi connectivity index (χ0n) is 16.4. The first-order valence-corrected chi connectivity index (χ1v) is 9.94. The minimum atomic E-state index is -0.680. The maximum absolute atomic E-state index is 12.2. The third-order valence-electron chi connectivity index (χ3n) is 5.79. The van der Waals surface area contributed by atoms with Crippen molar-refractivity contribution >= 4 is 28.5 Å². The van der Waals surface area contributed by atoms with Gasteiger partial charge in [0.15, 0.2) is 0 Å². The Morgan fingerprint density at radius 1 is 1.37 bits per heavy atom. The van der Waals surface area contributed by atoms with E-state index in [9.17, 15) is 9.90 Å². The van der Waals surface area contributed by atoms with Crippen LogP contribution in [0.2, 0.25) is 5.02 Å². The highest BCUT2D eigenvalue weighted by atomic mass is 35.5. The predicted octanol–water partition coefficient (Wildman–Crippen LogP) is 4.11. The Morgan fingerprint density at radius 2 is 2.04 bits per heavy atom. The summed E-state index contributed by atoms with van der Waals surface area (Å²) in [4.78, 5) is 14.1. The number of nitrogens with one attached hydrogen (secondary N) is 2. The van der Waals surface area contributed by atoms with E-state index in [2.05, 4.69) is 29.4 Å². The molecule has 27 heavy (non-hydrogen) atoms. The van der Waals surface area contributed by atoms with Gasteiger partial charge in [0.1, 0.15) is 0 Å². The molecule has 2 heterocycles. The van der Waals surface area contributed by atoms with Gasteiger partial charge < -0.3 is 15.3 Å². The molecule has 1 aliphatic heterocycles. The third kappa shape index (κ3) is 4.06. The number of piperidine rings is 1. The summed E-state index contributed by atoms with van der Waals surface area (Å²) >= 11 is 6.25. The zero-order chi connectivity index (χ0) is 19.8. The number of carbonyl (C=O) groups is 1. The van der Waals surface area contributed by atoms with Gasteiger partial charge in [-0.2, -0.15) is 5.10 Å². The lowest BCUT2D eigenvalue weighted by Gasteiger charge is -2.43. The van der Waals surface area contributed by atoms with Crippen LogP contribution in [-0.4, -0.2) is 45.4 Å². The van der Waals surface area contributed by atoms with Crippen molar-refractivity contribution in [3.05, 3.63) is 28.9 Å². The van der Waals surface area contributed by atoms with E-state index >= 15 is 0 Å². The van der Waals surface area contributed by atoms with E-state index < -0.39 is 6.10 Å². The van der Waals surface area contributed by atoms with Crippen molar-refractivity contribution in [1.82, 2.24) is 20.4 Å². The van der Waals surface area contributed by atoms with Gasteiger partial charge in [0.2, 0.25) is 0 Å². The molecule has 0 aliphatic carbocycles. The molecule has 3 rings (SSSR count). The average Bonchev–Trinajstić information content (AvgIpc) is 3.08. The predicted molar refractivity (Wildman–Crippen MR) is 108 cm³/mol. The molecule has 7 heteroatoms. The minimum Gasteiger partial charge on any atom is -0.388 e. The number of aromatic nitrogens is 2. The molecular weight excluding hydrogens is 364 g/mol. The second kappa shape index (κ2) is 7.68. The molecule has 0 bridgehead atoms. The molecule has 2 amide bonds. The fourth-order valence-corrected chi connectivity index (χ4v) is 4.29. The largest absolute Gasteiger partial charge is 0.388 e. The number of H-pyrrole nitrogens is 1. The Bertz CT molecular complexity index is 809. The number of benzene rings is 1. The number of rotatable bonds is 4. The number of hydrogen-bond donors (Lipinski definition) is 3. The van der Waals surface area contributed by atoms with Crippen molar-refractivity contribution in [2.45, 2.75) is 52.7 Å². The van der Waals surface area contributed by atoms with E-state index in [1.54, 1.807) is 6.20 Å². The number of fused-ring (bicyclic) bond motifs is 1. The van der Waals surface area contributed by atoms with Crippen LogP contribution < -0.4 is 5.32 Å². The molecule has 0 radical (unpaired) electrons. The van der Waals surface area contributed by atoms with E-state index in [4.69, 9.17) is 11.6 Å². The van der Waals surface area contributed by atoms with E-state index in [1.165, 1.54) is 0 Å². The van der Waals surface area contributed by atoms with Gasteiger partial charge in [0.05, 0.1) is 17.8 Å². The molecule has 6 nitrogen and oxygen atoms in total. The van der Waals surface area contributed by atoms with Crippen LogP contribution in [0, 0.1) is 11.3 Å². The van der Waals surface area contributed by atoms with Crippen molar-refractivity contribution in [1.29, 1.82) is 0 Å². The fourth-order valence-electron chi connectivity index (χ4n) is 4.05. The number of aliphatic hydroxyl groups excluding tert-OH is 1. The number of likely N-dealkylation sites (tertiary alicyclic amines) is 1. The van der Waals surface area contributed by atoms with E-state index in [-0.39, 0.29) is 17.5 Å².